The van der Waals surface area contributed by atoms with Gasteiger partial charge in [-0.25, -0.2) is 9.67 Å². The van der Waals surface area contributed by atoms with E-state index in [2.05, 4.69) is 34.6 Å². The fraction of sp³-hybridized carbons (Fsp3) is 0.333. The van der Waals surface area contributed by atoms with Crippen LogP contribution in [0.25, 0.3) is 11.0 Å². The van der Waals surface area contributed by atoms with Gasteiger partial charge in [0.1, 0.15) is 0 Å². The van der Waals surface area contributed by atoms with Gasteiger partial charge in [0.25, 0.3) is 5.91 Å². The predicted octanol–water partition coefficient (Wildman–Crippen LogP) is 4.65. The number of benzene rings is 1. The minimum absolute atomic E-state index is 0.196. The molecule has 0 radical (unpaired) electrons. The number of anilines is 1. The predicted molar refractivity (Wildman–Crippen MR) is 122 cm³/mol. The molecule has 1 amide bonds. The summed E-state index contributed by atoms with van der Waals surface area (Å²) in [4.78, 5) is 17.9. The van der Waals surface area contributed by atoms with Crippen molar-refractivity contribution in [2.24, 2.45) is 0 Å². The van der Waals surface area contributed by atoms with Crippen LogP contribution >= 0.6 is 0 Å². The van der Waals surface area contributed by atoms with E-state index in [-0.39, 0.29) is 5.91 Å². The Morgan fingerprint density at radius 1 is 1.03 bits per heavy atom. The number of hydrogen-bond donors (Lipinski definition) is 1. The molecule has 3 aromatic heterocycles. The third-order valence-corrected chi connectivity index (χ3v) is 5.37. The Morgan fingerprint density at radius 3 is 2.55 bits per heavy atom. The summed E-state index contributed by atoms with van der Waals surface area (Å²) in [5.74, 6) is 0.369. The summed E-state index contributed by atoms with van der Waals surface area (Å²) in [5, 5.41) is 13.0. The summed E-state index contributed by atoms with van der Waals surface area (Å²) in [6.45, 7) is 9.42. The molecule has 0 saturated carbocycles. The van der Waals surface area contributed by atoms with Crippen molar-refractivity contribution in [1.82, 2.24) is 24.5 Å². The molecular weight excluding hydrogens is 388 g/mol. The number of nitrogens with one attached hydrogen (secondary N) is 1. The van der Waals surface area contributed by atoms with Crippen molar-refractivity contribution in [3.63, 3.8) is 0 Å². The van der Waals surface area contributed by atoms with E-state index in [1.807, 2.05) is 60.5 Å². The highest BCUT2D eigenvalue weighted by atomic mass is 16.1. The van der Waals surface area contributed by atoms with Gasteiger partial charge in [-0.05, 0) is 38.8 Å². The van der Waals surface area contributed by atoms with E-state index in [4.69, 9.17) is 4.98 Å². The first-order valence-corrected chi connectivity index (χ1v) is 10.7. The van der Waals surface area contributed by atoms with Gasteiger partial charge in [0.2, 0.25) is 0 Å². The molecule has 0 saturated heterocycles. The average Bonchev–Trinajstić information content (AvgIpc) is 3.25. The molecule has 1 N–H and O–H groups in total. The molecule has 0 aliphatic heterocycles. The van der Waals surface area contributed by atoms with E-state index < -0.39 is 0 Å². The third-order valence-electron chi connectivity index (χ3n) is 5.37. The highest BCUT2D eigenvalue weighted by Gasteiger charge is 2.20. The quantitative estimate of drug-likeness (QED) is 0.476. The molecule has 0 atom stereocenters. The van der Waals surface area contributed by atoms with Gasteiger partial charge in [-0.15, -0.1) is 0 Å². The van der Waals surface area contributed by atoms with E-state index in [0.29, 0.717) is 17.9 Å². The van der Waals surface area contributed by atoms with Gasteiger partial charge >= 0.3 is 0 Å². The van der Waals surface area contributed by atoms with Gasteiger partial charge in [-0.3, -0.25) is 9.48 Å². The van der Waals surface area contributed by atoms with Gasteiger partial charge in [-0.1, -0.05) is 43.7 Å². The van der Waals surface area contributed by atoms with Crippen molar-refractivity contribution >= 4 is 22.8 Å². The molecule has 3 heterocycles. The number of pyridine rings is 1. The van der Waals surface area contributed by atoms with Crippen molar-refractivity contribution in [1.29, 1.82) is 0 Å². The van der Waals surface area contributed by atoms with E-state index in [1.165, 1.54) is 0 Å². The standard InChI is InChI=1S/C24H28N6O/c1-5-6-12-29-17(3)14-21(28-29)26-24(31)20-13-16(2)25-23-22(20)18(4)27-30(23)15-19-10-8-7-9-11-19/h7-11,13-14H,5-6,12,15H2,1-4H3,(H,26,28,31). The number of carbonyl (C=O) groups is 1. The van der Waals surface area contributed by atoms with Crippen LogP contribution in [0.2, 0.25) is 0 Å². The zero-order valence-electron chi connectivity index (χ0n) is 18.5. The van der Waals surface area contributed by atoms with Crippen molar-refractivity contribution < 1.29 is 4.79 Å². The average molecular weight is 417 g/mol. The molecular formula is C24H28N6O. The fourth-order valence-corrected chi connectivity index (χ4v) is 3.81. The molecule has 0 spiro atoms. The number of carbonyl (C=O) groups excluding carboxylic acids is 1. The van der Waals surface area contributed by atoms with Crippen LogP contribution < -0.4 is 5.32 Å². The zero-order valence-corrected chi connectivity index (χ0v) is 18.5. The lowest BCUT2D eigenvalue weighted by Gasteiger charge is -2.07. The summed E-state index contributed by atoms with van der Waals surface area (Å²) in [7, 11) is 0. The smallest absolute Gasteiger partial charge is 0.257 e. The lowest BCUT2D eigenvalue weighted by atomic mass is 10.1. The third kappa shape index (κ3) is 4.35. The van der Waals surface area contributed by atoms with Gasteiger partial charge in [0.15, 0.2) is 11.5 Å². The van der Waals surface area contributed by atoms with Crippen LogP contribution in [-0.2, 0) is 13.1 Å². The molecule has 0 fully saturated rings. The Hall–Kier alpha value is -3.48. The van der Waals surface area contributed by atoms with E-state index in [1.54, 1.807) is 0 Å². The number of nitrogens with zero attached hydrogens (tertiary/aromatic N) is 5. The van der Waals surface area contributed by atoms with Crippen molar-refractivity contribution in [3.8, 4) is 0 Å². The second kappa shape index (κ2) is 8.71. The zero-order chi connectivity index (χ0) is 22.0. The van der Waals surface area contributed by atoms with Crippen LogP contribution in [0.15, 0.2) is 42.5 Å². The number of fused-ring (bicyclic) bond motifs is 1. The van der Waals surface area contributed by atoms with Crippen LogP contribution in [-0.4, -0.2) is 30.5 Å². The first kappa shape index (κ1) is 20.8. The maximum atomic E-state index is 13.2. The van der Waals surface area contributed by atoms with Crippen molar-refractivity contribution in [3.05, 3.63) is 70.7 Å². The summed E-state index contributed by atoms with van der Waals surface area (Å²) in [6, 6.07) is 13.9. The summed E-state index contributed by atoms with van der Waals surface area (Å²) in [5.41, 5.74) is 5.02. The Kier molecular flexibility index (Phi) is 5.84. The van der Waals surface area contributed by atoms with Gasteiger partial charge in [-0.2, -0.15) is 10.2 Å². The SMILES string of the molecule is CCCCn1nc(NC(=O)c2cc(C)nc3c2c(C)nn3Cc2ccccc2)cc1C. The highest BCUT2D eigenvalue weighted by Crippen LogP contribution is 2.24. The first-order valence-electron chi connectivity index (χ1n) is 10.7. The maximum Gasteiger partial charge on any atom is 0.257 e. The van der Waals surface area contributed by atoms with Gasteiger partial charge in [0, 0.05) is 24.0 Å². The minimum Gasteiger partial charge on any atom is -0.305 e. The van der Waals surface area contributed by atoms with E-state index >= 15 is 0 Å². The molecule has 7 heteroatoms. The van der Waals surface area contributed by atoms with Crippen molar-refractivity contribution in [2.75, 3.05) is 5.32 Å². The van der Waals surface area contributed by atoms with Gasteiger partial charge < -0.3 is 5.32 Å². The second-order valence-electron chi connectivity index (χ2n) is 7.94. The second-order valence-corrected chi connectivity index (χ2v) is 7.94. The van der Waals surface area contributed by atoms with Crippen LogP contribution in [0.3, 0.4) is 0 Å². The lowest BCUT2D eigenvalue weighted by molar-refractivity contribution is 0.102. The van der Waals surface area contributed by atoms with Crippen LogP contribution in [0.4, 0.5) is 5.82 Å². The Balaban J connectivity index is 1.67. The topological polar surface area (TPSA) is 77.6 Å². The highest BCUT2D eigenvalue weighted by molar-refractivity contribution is 6.12. The van der Waals surface area contributed by atoms with Crippen LogP contribution in [0.1, 0.15) is 52.8 Å². The summed E-state index contributed by atoms with van der Waals surface area (Å²) >= 11 is 0. The fourth-order valence-electron chi connectivity index (χ4n) is 3.81. The molecule has 0 bridgehead atoms. The number of unbranched alkanes of at least 4 members (excludes halogenated alkanes) is 1. The monoisotopic (exact) mass is 416 g/mol. The summed E-state index contributed by atoms with van der Waals surface area (Å²) < 4.78 is 3.81. The molecule has 0 aliphatic rings. The molecule has 7 nitrogen and oxygen atoms in total. The molecule has 0 aliphatic carbocycles. The van der Waals surface area contributed by atoms with E-state index in [9.17, 15) is 4.79 Å². The number of amides is 1. The number of rotatable bonds is 7. The van der Waals surface area contributed by atoms with E-state index in [0.717, 1.165) is 53.1 Å². The van der Waals surface area contributed by atoms with Crippen LogP contribution in [0.5, 0.6) is 0 Å². The largest absolute Gasteiger partial charge is 0.305 e. The molecule has 160 valence electrons. The molecule has 0 unspecified atom stereocenters. The van der Waals surface area contributed by atoms with Crippen LogP contribution in [0, 0.1) is 20.8 Å². The molecule has 1 aromatic carbocycles. The van der Waals surface area contributed by atoms with Crippen molar-refractivity contribution in [2.45, 2.75) is 53.6 Å². The first-order chi connectivity index (χ1) is 15.0. The minimum atomic E-state index is -0.196. The normalized spacial score (nSPS) is 11.2. The number of hydrogen-bond acceptors (Lipinski definition) is 4. The summed E-state index contributed by atoms with van der Waals surface area (Å²) in [6.07, 6.45) is 2.15. The Morgan fingerprint density at radius 2 is 1.81 bits per heavy atom. The Bertz CT molecular complexity index is 1220. The lowest BCUT2D eigenvalue weighted by Crippen LogP contribution is -2.14. The van der Waals surface area contributed by atoms with Gasteiger partial charge in [0.05, 0.1) is 23.2 Å². The number of aromatic nitrogens is 5. The molecule has 4 aromatic rings. The molecule has 31 heavy (non-hydrogen) atoms. The number of aryl methyl sites for hydroxylation is 4. The maximum absolute atomic E-state index is 13.2. The molecule has 4 rings (SSSR count). The Labute approximate surface area is 182 Å².